The van der Waals surface area contributed by atoms with E-state index in [1.54, 1.807) is 12.4 Å². The fourth-order valence-corrected chi connectivity index (χ4v) is 3.85. The molecule has 1 amide bonds. The first-order chi connectivity index (χ1) is 15.1. The van der Waals surface area contributed by atoms with Crippen LogP contribution in [0.3, 0.4) is 0 Å². The van der Waals surface area contributed by atoms with E-state index in [1.165, 1.54) is 11.3 Å². The Balaban J connectivity index is 1.45. The molecule has 0 aliphatic rings. The number of carbonyl (C=O) groups excluding carboxylic acids is 1. The highest BCUT2D eigenvalue weighted by Gasteiger charge is 2.13. The van der Waals surface area contributed by atoms with E-state index in [1.807, 2.05) is 55.9 Å². The summed E-state index contributed by atoms with van der Waals surface area (Å²) in [7, 11) is 0. The third kappa shape index (κ3) is 4.80. The molecule has 0 unspecified atom stereocenters. The van der Waals surface area contributed by atoms with Crippen LogP contribution >= 0.6 is 11.3 Å². The van der Waals surface area contributed by atoms with Crippen LogP contribution in [0.1, 0.15) is 42.0 Å². The van der Waals surface area contributed by atoms with Crippen molar-refractivity contribution in [3.63, 3.8) is 0 Å². The fraction of sp³-hybridized carbons (Fsp3) is 0.286. The van der Waals surface area contributed by atoms with Gasteiger partial charge in [-0.25, -0.2) is 15.0 Å². The Morgan fingerprint density at radius 2 is 2.10 bits per heavy atom. The number of aromatic nitrogens is 5. The third-order valence-electron chi connectivity index (χ3n) is 4.67. The zero-order valence-electron chi connectivity index (χ0n) is 17.6. The molecule has 0 aliphatic heterocycles. The van der Waals surface area contributed by atoms with Crippen LogP contribution in [0.15, 0.2) is 42.9 Å². The van der Waals surface area contributed by atoms with Crippen molar-refractivity contribution in [3.05, 3.63) is 53.3 Å². The third-order valence-corrected chi connectivity index (χ3v) is 5.62. The Bertz CT molecular complexity index is 1200. The second-order valence-corrected chi connectivity index (χ2v) is 7.99. The Morgan fingerprint density at radius 3 is 2.90 bits per heavy atom. The Labute approximate surface area is 183 Å². The van der Waals surface area contributed by atoms with Gasteiger partial charge in [-0.1, -0.05) is 23.5 Å². The molecule has 0 saturated carbocycles. The van der Waals surface area contributed by atoms with E-state index in [9.17, 15) is 4.79 Å². The van der Waals surface area contributed by atoms with Gasteiger partial charge in [-0.3, -0.25) is 9.48 Å². The molecule has 0 spiro atoms. The van der Waals surface area contributed by atoms with E-state index in [0.29, 0.717) is 16.3 Å². The van der Waals surface area contributed by atoms with Crippen LogP contribution in [0.2, 0.25) is 0 Å². The lowest BCUT2D eigenvalue weighted by atomic mass is 10.1. The number of benzene rings is 1. The molecule has 0 bridgehead atoms. The van der Waals surface area contributed by atoms with E-state index in [0.717, 1.165) is 35.0 Å². The lowest BCUT2D eigenvalue weighted by Crippen LogP contribution is -2.12. The SMILES string of the molecule is CCNc1ncc(C(=O)Nc2cccc([C@H](C)Nc3cnc4cn(CC)nc4n3)c2)s1. The first-order valence-corrected chi connectivity index (χ1v) is 10.9. The van der Waals surface area contributed by atoms with Crippen LogP contribution in [0.25, 0.3) is 11.2 Å². The van der Waals surface area contributed by atoms with Crippen molar-refractivity contribution in [1.82, 2.24) is 24.7 Å². The molecule has 3 heterocycles. The highest BCUT2D eigenvalue weighted by molar-refractivity contribution is 7.17. The predicted molar refractivity (Wildman–Crippen MR) is 124 cm³/mol. The van der Waals surface area contributed by atoms with Crippen LogP contribution in [0, 0.1) is 0 Å². The predicted octanol–water partition coefficient (Wildman–Crippen LogP) is 4.16. The highest BCUT2D eigenvalue weighted by Crippen LogP contribution is 2.23. The first kappa shape index (κ1) is 20.7. The van der Waals surface area contributed by atoms with Crippen LogP contribution < -0.4 is 16.0 Å². The van der Waals surface area contributed by atoms with Crippen molar-refractivity contribution in [2.24, 2.45) is 0 Å². The molecular formula is C21H24N8OS. The summed E-state index contributed by atoms with van der Waals surface area (Å²) in [5.74, 6) is 0.471. The number of nitrogens with zero attached hydrogens (tertiary/aromatic N) is 5. The molecule has 4 rings (SSSR count). The minimum atomic E-state index is -0.178. The quantitative estimate of drug-likeness (QED) is 0.380. The minimum Gasteiger partial charge on any atom is -0.362 e. The minimum absolute atomic E-state index is 0.0411. The molecule has 4 aromatic rings. The number of anilines is 3. The Kier molecular flexibility index (Phi) is 6.08. The highest BCUT2D eigenvalue weighted by atomic mass is 32.1. The lowest BCUT2D eigenvalue weighted by molar-refractivity contribution is 0.103. The van der Waals surface area contributed by atoms with E-state index in [2.05, 4.69) is 36.0 Å². The van der Waals surface area contributed by atoms with Gasteiger partial charge >= 0.3 is 0 Å². The average molecular weight is 437 g/mol. The number of hydrogen-bond donors (Lipinski definition) is 3. The molecule has 0 radical (unpaired) electrons. The van der Waals surface area contributed by atoms with E-state index in [-0.39, 0.29) is 11.9 Å². The maximum absolute atomic E-state index is 12.5. The van der Waals surface area contributed by atoms with Gasteiger partial charge in [0.1, 0.15) is 16.2 Å². The Morgan fingerprint density at radius 1 is 1.23 bits per heavy atom. The summed E-state index contributed by atoms with van der Waals surface area (Å²) in [4.78, 5) is 26.3. The summed E-state index contributed by atoms with van der Waals surface area (Å²) < 4.78 is 1.81. The summed E-state index contributed by atoms with van der Waals surface area (Å²) in [6.45, 7) is 7.58. The molecule has 31 heavy (non-hydrogen) atoms. The number of nitrogens with one attached hydrogen (secondary N) is 3. The normalized spacial score (nSPS) is 12.0. The lowest BCUT2D eigenvalue weighted by Gasteiger charge is -2.16. The van der Waals surface area contributed by atoms with Gasteiger partial charge in [-0.05, 0) is 38.5 Å². The van der Waals surface area contributed by atoms with Gasteiger partial charge in [0.25, 0.3) is 5.91 Å². The summed E-state index contributed by atoms with van der Waals surface area (Å²) >= 11 is 1.33. The molecule has 3 N–H and O–H groups in total. The molecule has 3 aromatic heterocycles. The monoisotopic (exact) mass is 436 g/mol. The molecular weight excluding hydrogens is 412 g/mol. The maximum atomic E-state index is 12.5. The molecule has 0 fully saturated rings. The van der Waals surface area contributed by atoms with Crippen molar-refractivity contribution < 1.29 is 4.79 Å². The number of hydrogen-bond acceptors (Lipinski definition) is 8. The number of rotatable bonds is 8. The van der Waals surface area contributed by atoms with Crippen LogP contribution in [0.5, 0.6) is 0 Å². The van der Waals surface area contributed by atoms with Crippen molar-refractivity contribution in [2.75, 3.05) is 22.5 Å². The number of amides is 1. The molecule has 1 atom stereocenters. The van der Waals surface area contributed by atoms with Crippen LogP contribution in [0.4, 0.5) is 16.6 Å². The van der Waals surface area contributed by atoms with Gasteiger partial charge in [0, 0.05) is 18.8 Å². The van der Waals surface area contributed by atoms with Gasteiger partial charge in [-0.15, -0.1) is 0 Å². The zero-order chi connectivity index (χ0) is 21.8. The molecule has 1 aromatic carbocycles. The van der Waals surface area contributed by atoms with Crippen LogP contribution in [-0.4, -0.2) is 37.2 Å². The Hall–Kier alpha value is -3.53. The summed E-state index contributed by atoms with van der Waals surface area (Å²) in [5.41, 5.74) is 3.11. The molecule has 10 heteroatoms. The van der Waals surface area contributed by atoms with E-state index < -0.39 is 0 Å². The summed E-state index contributed by atoms with van der Waals surface area (Å²) in [6.07, 6.45) is 5.17. The van der Waals surface area contributed by atoms with E-state index in [4.69, 9.17) is 0 Å². The van der Waals surface area contributed by atoms with Crippen LogP contribution in [-0.2, 0) is 6.54 Å². The average Bonchev–Trinajstić information content (AvgIpc) is 3.40. The van der Waals surface area contributed by atoms with Crippen molar-refractivity contribution in [3.8, 4) is 0 Å². The van der Waals surface area contributed by atoms with Gasteiger partial charge < -0.3 is 16.0 Å². The molecule has 0 aliphatic carbocycles. The fourth-order valence-electron chi connectivity index (χ4n) is 3.07. The second kappa shape index (κ2) is 9.09. The number of thiazole rings is 1. The topological polar surface area (TPSA) is 110 Å². The van der Waals surface area contributed by atoms with Gasteiger partial charge in [0.05, 0.1) is 24.6 Å². The van der Waals surface area contributed by atoms with Crippen molar-refractivity contribution in [1.29, 1.82) is 0 Å². The second-order valence-electron chi connectivity index (χ2n) is 6.95. The molecule has 160 valence electrons. The smallest absolute Gasteiger partial charge is 0.267 e. The van der Waals surface area contributed by atoms with Gasteiger partial charge in [0.2, 0.25) is 5.65 Å². The first-order valence-electron chi connectivity index (χ1n) is 10.1. The zero-order valence-corrected chi connectivity index (χ0v) is 18.4. The number of aryl methyl sites for hydroxylation is 1. The van der Waals surface area contributed by atoms with Gasteiger partial charge in [0.15, 0.2) is 5.13 Å². The number of fused-ring (bicyclic) bond motifs is 1. The largest absolute Gasteiger partial charge is 0.362 e. The van der Waals surface area contributed by atoms with Gasteiger partial charge in [-0.2, -0.15) is 5.10 Å². The maximum Gasteiger partial charge on any atom is 0.267 e. The van der Waals surface area contributed by atoms with E-state index >= 15 is 0 Å². The summed E-state index contributed by atoms with van der Waals surface area (Å²) in [5, 5.41) is 14.6. The molecule has 0 saturated heterocycles. The standard InChI is InChI=1S/C21H24N8OS/c1-4-22-21-24-10-17(31-21)20(30)26-15-8-6-7-14(9-15)13(3)25-18-11-23-16-12-29(5-2)28-19(16)27-18/h6-13H,4-5H2,1-3H3,(H,22,24)(H,26,30)(H,25,27,28)/t13-/m0/s1. The van der Waals surface area contributed by atoms with Crippen molar-refractivity contribution in [2.45, 2.75) is 33.4 Å². The number of carbonyl (C=O) groups is 1. The summed E-state index contributed by atoms with van der Waals surface area (Å²) in [6, 6.07) is 7.68. The van der Waals surface area contributed by atoms with Crippen molar-refractivity contribution >= 4 is 45.0 Å². The molecule has 9 nitrogen and oxygen atoms in total.